The quantitative estimate of drug-likeness (QED) is 0.522. The summed E-state index contributed by atoms with van der Waals surface area (Å²) in [7, 11) is 0. The minimum Gasteiger partial charge on any atom is -0.285 e. The molecule has 4 aromatic heterocycles. The van der Waals surface area contributed by atoms with E-state index in [4.69, 9.17) is 4.98 Å². The number of thiophene rings is 2. The van der Waals surface area contributed by atoms with E-state index in [-0.39, 0.29) is 11.6 Å². The van der Waals surface area contributed by atoms with Gasteiger partial charge in [-0.2, -0.15) is 0 Å². The predicted octanol–water partition coefficient (Wildman–Crippen LogP) is 4.27. The summed E-state index contributed by atoms with van der Waals surface area (Å²) < 4.78 is 1.63. The number of pyridine rings is 1. The van der Waals surface area contributed by atoms with Crippen LogP contribution >= 0.6 is 22.7 Å². The summed E-state index contributed by atoms with van der Waals surface area (Å²) in [6.45, 7) is 3.64. The summed E-state index contributed by atoms with van der Waals surface area (Å²) in [5, 5.41) is 4.33. The lowest BCUT2D eigenvalue weighted by Crippen LogP contribution is -2.35. The van der Waals surface area contributed by atoms with Gasteiger partial charge in [0.2, 0.25) is 0 Å². The third kappa shape index (κ3) is 3.04. The molecule has 6 heteroatoms. The van der Waals surface area contributed by atoms with Crippen molar-refractivity contribution in [1.82, 2.24) is 14.3 Å². The molecule has 0 aromatic carbocycles. The number of rotatable bonds is 3. The van der Waals surface area contributed by atoms with Crippen LogP contribution in [0.25, 0.3) is 5.65 Å². The second-order valence-corrected chi connectivity index (χ2v) is 8.94. The van der Waals surface area contributed by atoms with Crippen LogP contribution in [0.1, 0.15) is 32.6 Å². The number of fused-ring (bicyclic) bond motifs is 2. The Balaban J connectivity index is 1.54. The van der Waals surface area contributed by atoms with Crippen molar-refractivity contribution in [2.24, 2.45) is 0 Å². The Labute approximate surface area is 165 Å². The summed E-state index contributed by atoms with van der Waals surface area (Å²) >= 11 is 3.64. The molecule has 5 rings (SSSR count). The molecule has 4 nitrogen and oxygen atoms in total. The first-order valence-electron chi connectivity index (χ1n) is 9.02. The highest BCUT2D eigenvalue weighted by Crippen LogP contribution is 2.39. The number of aromatic nitrogens is 2. The lowest BCUT2D eigenvalue weighted by atomic mass is 9.98. The van der Waals surface area contributed by atoms with Crippen molar-refractivity contribution in [3.63, 3.8) is 0 Å². The Kier molecular flexibility index (Phi) is 4.19. The predicted molar refractivity (Wildman–Crippen MR) is 111 cm³/mol. The van der Waals surface area contributed by atoms with Crippen molar-refractivity contribution < 1.29 is 0 Å². The van der Waals surface area contributed by atoms with Crippen molar-refractivity contribution in [2.45, 2.75) is 25.9 Å². The molecule has 1 unspecified atom stereocenters. The molecule has 1 atom stereocenters. The maximum Gasteiger partial charge on any atom is 0.258 e. The fraction of sp³-hybridized carbons (Fsp3) is 0.238. The van der Waals surface area contributed by atoms with E-state index in [1.165, 1.54) is 15.3 Å². The van der Waals surface area contributed by atoms with E-state index in [9.17, 15) is 4.79 Å². The maximum absolute atomic E-state index is 12.6. The second-order valence-electron chi connectivity index (χ2n) is 6.96. The minimum absolute atomic E-state index is 0.0143. The van der Waals surface area contributed by atoms with E-state index >= 15 is 0 Å². The monoisotopic (exact) mass is 393 g/mol. The van der Waals surface area contributed by atoms with E-state index < -0.39 is 0 Å². The van der Waals surface area contributed by atoms with Crippen LogP contribution in [0.3, 0.4) is 0 Å². The van der Waals surface area contributed by atoms with Gasteiger partial charge in [0, 0.05) is 35.1 Å². The van der Waals surface area contributed by atoms with Crippen molar-refractivity contribution in [3.8, 4) is 0 Å². The van der Waals surface area contributed by atoms with Gasteiger partial charge in [0.1, 0.15) is 5.65 Å². The summed E-state index contributed by atoms with van der Waals surface area (Å²) in [5.74, 6) is 0. The Morgan fingerprint density at radius 1 is 1.19 bits per heavy atom. The molecular formula is C21H19N3OS2. The first-order chi connectivity index (χ1) is 13.2. The molecule has 0 saturated carbocycles. The van der Waals surface area contributed by atoms with Gasteiger partial charge in [0.15, 0.2) is 0 Å². The van der Waals surface area contributed by atoms with Crippen molar-refractivity contribution in [1.29, 1.82) is 0 Å². The van der Waals surface area contributed by atoms with Crippen LogP contribution in [0, 0.1) is 6.92 Å². The average Bonchev–Trinajstić information content (AvgIpc) is 3.34. The van der Waals surface area contributed by atoms with Gasteiger partial charge in [-0.3, -0.25) is 14.1 Å². The van der Waals surface area contributed by atoms with Crippen LogP contribution in [0.4, 0.5) is 0 Å². The number of aryl methyl sites for hydroxylation is 1. The van der Waals surface area contributed by atoms with Crippen LogP contribution in [0.2, 0.25) is 0 Å². The normalized spacial score (nSPS) is 17.3. The molecule has 0 N–H and O–H groups in total. The van der Waals surface area contributed by atoms with Crippen molar-refractivity contribution >= 4 is 28.3 Å². The number of nitrogens with zero attached hydrogens (tertiary/aromatic N) is 3. The number of hydrogen-bond donors (Lipinski definition) is 0. The van der Waals surface area contributed by atoms with Gasteiger partial charge in [0.05, 0.1) is 11.7 Å². The zero-order valence-electron chi connectivity index (χ0n) is 15.0. The van der Waals surface area contributed by atoms with Gasteiger partial charge in [-0.25, -0.2) is 4.98 Å². The van der Waals surface area contributed by atoms with Crippen LogP contribution in [-0.4, -0.2) is 20.8 Å². The number of hydrogen-bond acceptors (Lipinski definition) is 5. The zero-order chi connectivity index (χ0) is 18.4. The molecule has 0 spiro atoms. The van der Waals surface area contributed by atoms with Crippen LogP contribution in [-0.2, 0) is 13.0 Å². The van der Waals surface area contributed by atoms with E-state index in [1.807, 2.05) is 36.6 Å². The van der Waals surface area contributed by atoms with Crippen LogP contribution in [0.5, 0.6) is 0 Å². The smallest absolute Gasteiger partial charge is 0.258 e. The summed E-state index contributed by atoms with van der Waals surface area (Å²) in [5.41, 5.74) is 3.99. The van der Waals surface area contributed by atoms with Gasteiger partial charge in [-0.15, -0.1) is 22.7 Å². The highest BCUT2D eigenvalue weighted by Gasteiger charge is 2.30. The van der Waals surface area contributed by atoms with Gasteiger partial charge < -0.3 is 0 Å². The molecule has 0 aliphatic carbocycles. The van der Waals surface area contributed by atoms with Crippen molar-refractivity contribution in [3.05, 3.63) is 90.3 Å². The molecular weight excluding hydrogens is 374 g/mol. The summed E-state index contributed by atoms with van der Waals surface area (Å²) in [6.07, 6.45) is 2.90. The zero-order valence-corrected chi connectivity index (χ0v) is 16.6. The van der Waals surface area contributed by atoms with Crippen LogP contribution < -0.4 is 5.56 Å². The lowest BCUT2D eigenvalue weighted by Gasteiger charge is -2.35. The molecule has 27 heavy (non-hydrogen) atoms. The Hall–Kier alpha value is -2.28. The average molecular weight is 394 g/mol. The molecule has 1 aliphatic heterocycles. The third-order valence-corrected chi connectivity index (χ3v) is 7.03. The second kappa shape index (κ2) is 6.71. The Morgan fingerprint density at radius 2 is 2.11 bits per heavy atom. The first kappa shape index (κ1) is 16.9. The molecule has 136 valence electrons. The third-order valence-electron chi connectivity index (χ3n) is 5.10. The van der Waals surface area contributed by atoms with Gasteiger partial charge in [-0.1, -0.05) is 12.1 Å². The molecule has 1 aliphatic rings. The molecule has 0 bridgehead atoms. The van der Waals surface area contributed by atoms with Gasteiger partial charge >= 0.3 is 0 Å². The summed E-state index contributed by atoms with van der Waals surface area (Å²) in [6, 6.07) is 12.4. The maximum atomic E-state index is 12.6. The summed E-state index contributed by atoms with van der Waals surface area (Å²) in [4.78, 5) is 22.6. The standard InChI is InChI=1S/C21H19N3OS2/c1-14-4-5-19-22-15(11-20(25)24(19)12-14)13-23-8-6-17-16(7-10-27-17)21(23)18-3-2-9-26-18/h2-5,7,9-12,21H,6,8,13H2,1H3. The molecule has 0 saturated heterocycles. The largest absolute Gasteiger partial charge is 0.285 e. The Bertz CT molecular complexity index is 1160. The van der Waals surface area contributed by atoms with E-state index in [2.05, 4.69) is 33.9 Å². The van der Waals surface area contributed by atoms with Crippen LogP contribution in [0.15, 0.2) is 58.1 Å². The fourth-order valence-electron chi connectivity index (χ4n) is 3.87. The Morgan fingerprint density at radius 3 is 2.96 bits per heavy atom. The lowest BCUT2D eigenvalue weighted by molar-refractivity contribution is 0.206. The van der Waals surface area contributed by atoms with E-state index in [0.29, 0.717) is 12.2 Å². The minimum atomic E-state index is -0.0143. The molecule has 0 fully saturated rings. The topological polar surface area (TPSA) is 37.6 Å². The molecule has 0 radical (unpaired) electrons. The van der Waals surface area contributed by atoms with Crippen molar-refractivity contribution in [2.75, 3.05) is 6.54 Å². The van der Waals surface area contributed by atoms with E-state index in [0.717, 1.165) is 24.2 Å². The highest BCUT2D eigenvalue weighted by atomic mass is 32.1. The SMILES string of the molecule is Cc1ccc2nc(CN3CCc4sccc4C3c3cccs3)cc(=O)n2c1. The molecule has 0 amide bonds. The fourth-order valence-corrected chi connectivity index (χ4v) is 5.65. The van der Waals surface area contributed by atoms with Gasteiger partial charge in [0.25, 0.3) is 5.56 Å². The van der Waals surface area contributed by atoms with Gasteiger partial charge in [-0.05, 0) is 53.4 Å². The highest BCUT2D eigenvalue weighted by molar-refractivity contribution is 7.10. The first-order valence-corrected chi connectivity index (χ1v) is 10.8. The van der Waals surface area contributed by atoms with E-state index in [1.54, 1.807) is 21.8 Å². The molecule has 5 heterocycles. The molecule has 4 aromatic rings.